The molecular weight excluding hydrogens is 252 g/mol. The molecule has 0 aromatic rings. The van der Waals surface area contributed by atoms with Crippen LogP contribution < -0.4 is 0 Å². The van der Waals surface area contributed by atoms with Crippen LogP contribution in [-0.4, -0.2) is 23.8 Å². The Kier molecular flexibility index (Phi) is 2.82. The van der Waals surface area contributed by atoms with Gasteiger partial charge in [-0.2, -0.15) is 0 Å². The average molecular weight is 278 g/mol. The second kappa shape index (κ2) is 3.95. The Balaban J connectivity index is 2.05. The van der Waals surface area contributed by atoms with Crippen LogP contribution in [0, 0.1) is 10.8 Å². The third kappa shape index (κ3) is 1.69. The molecule has 3 nitrogen and oxygen atoms in total. The topological polar surface area (TPSA) is 35.5 Å². The number of fused-ring (bicyclic) bond motifs is 1. The van der Waals surface area contributed by atoms with Gasteiger partial charge in [-0.05, 0) is 40.0 Å². The number of Topliss-reactive ketones (excluding diaryl/α,β-unsaturated/α-hetero) is 1. The first-order valence-corrected chi connectivity index (χ1v) is 7.72. The smallest absolute Gasteiger partial charge is 0.163 e. The van der Waals surface area contributed by atoms with E-state index in [0.717, 1.165) is 19.3 Å². The lowest BCUT2D eigenvalue weighted by Gasteiger charge is -2.55. The van der Waals surface area contributed by atoms with Gasteiger partial charge < -0.3 is 9.47 Å². The number of ketones is 1. The highest BCUT2D eigenvalue weighted by atomic mass is 16.8. The SMILES string of the molecule is CC1(C)OCC2(CCC3(C)C(=O)CCC=C3C2(C)C)O1. The van der Waals surface area contributed by atoms with Gasteiger partial charge in [-0.3, -0.25) is 4.79 Å². The zero-order chi connectivity index (χ0) is 14.8. The zero-order valence-corrected chi connectivity index (χ0v) is 13.3. The number of hydrogen-bond acceptors (Lipinski definition) is 3. The molecular formula is C17H26O3. The van der Waals surface area contributed by atoms with Crippen molar-refractivity contribution in [2.24, 2.45) is 10.8 Å². The van der Waals surface area contributed by atoms with Crippen LogP contribution in [0.4, 0.5) is 0 Å². The molecule has 1 saturated heterocycles. The summed E-state index contributed by atoms with van der Waals surface area (Å²) in [4.78, 5) is 12.5. The summed E-state index contributed by atoms with van der Waals surface area (Å²) in [5.74, 6) is -0.124. The first kappa shape index (κ1) is 14.3. The van der Waals surface area contributed by atoms with E-state index in [1.54, 1.807) is 0 Å². The van der Waals surface area contributed by atoms with Crippen LogP contribution in [0.25, 0.3) is 0 Å². The Morgan fingerprint density at radius 3 is 2.40 bits per heavy atom. The molecule has 112 valence electrons. The maximum Gasteiger partial charge on any atom is 0.163 e. The van der Waals surface area contributed by atoms with Crippen molar-refractivity contribution in [2.75, 3.05) is 6.61 Å². The summed E-state index contributed by atoms with van der Waals surface area (Å²) in [5, 5.41) is 0. The predicted molar refractivity (Wildman–Crippen MR) is 77.3 cm³/mol. The normalized spacial score (nSPS) is 42.5. The molecule has 1 saturated carbocycles. The molecule has 0 aromatic heterocycles. The number of hydrogen-bond donors (Lipinski definition) is 0. The summed E-state index contributed by atoms with van der Waals surface area (Å²) >= 11 is 0. The van der Waals surface area contributed by atoms with Crippen molar-refractivity contribution < 1.29 is 14.3 Å². The van der Waals surface area contributed by atoms with Crippen LogP contribution in [0.1, 0.15) is 60.3 Å². The van der Waals surface area contributed by atoms with E-state index < -0.39 is 5.79 Å². The van der Waals surface area contributed by atoms with Crippen molar-refractivity contribution in [3.8, 4) is 0 Å². The van der Waals surface area contributed by atoms with Gasteiger partial charge in [-0.1, -0.05) is 25.5 Å². The van der Waals surface area contributed by atoms with Crippen LogP contribution in [0.2, 0.25) is 0 Å². The van der Waals surface area contributed by atoms with E-state index in [1.807, 2.05) is 13.8 Å². The second-order valence-electron chi connectivity index (χ2n) is 7.82. The Labute approximate surface area is 121 Å². The maximum absolute atomic E-state index is 12.5. The minimum atomic E-state index is -0.524. The van der Waals surface area contributed by atoms with Crippen molar-refractivity contribution in [3.63, 3.8) is 0 Å². The number of carbonyl (C=O) groups excluding carboxylic acids is 1. The standard InChI is InChI=1S/C17H26O3/c1-14(2)12-7-6-8-13(18)16(12,5)9-10-17(14)11-19-15(3,4)20-17/h7H,6,8-11H2,1-5H3. The van der Waals surface area contributed by atoms with Gasteiger partial charge in [-0.25, -0.2) is 0 Å². The molecule has 2 aliphatic carbocycles. The molecule has 0 amide bonds. The fourth-order valence-electron chi connectivity index (χ4n) is 4.48. The summed E-state index contributed by atoms with van der Waals surface area (Å²) in [7, 11) is 0. The molecule has 20 heavy (non-hydrogen) atoms. The van der Waals surface area contributed by atoms with Crippen LogP contribution >= 0.6 is 0 Å². The lowest BCUT2D eigenvalue weighted by atomic mass is 9.51. The van der Waals surface area contributed by atoms with Crippen LogP contribution in [0.5, 0.6) is 0 Å². The molecule has 0 radical (unpaired) electrons. The number of ether oxygens (including phenoxy) is 2. The fourth-order valence-corrected chi connectivity index (χ4v) is 4.48. The highest BCUT2D eigenvalue weighted by Gasteiger charge is 2.63. The molecule has 3 rings (SSSR count). The van der Waals surface area contributed by atoms with Crippen molar-refractivity contribution in [1.29, 1.82) is 0 Å². The van der Waals surface area contributed by atoms with E-state index >= 15 is 0 Å². The number of rotatable bonds is 0. The molecule has 0 N–H and O–H groups in total. The van der Waals surface area contributed by atoms with Crippen LogP contribution in [0.3, 0.4) is 0 Å². The quantitative estimate of drug-likeness (QED) is 0.635. The van der Waals surface area contributed by atoms with Crippen LogP contribution in [0.15, 0.2) is 11.6 Å². The van der Waals surface area contributed by atoms with Crippen molar-refractivity contribution in [1.82, 2.24) is 0 Å². The van der Waals surface area contributed by atoms with E-state index in [-0.39, 0.29) is 16.4 Å². The zero-order valence-electron chi connectivity index (χ0n) is 13.3. The lowest BCUT2D eigenvalue weighted by molar-refractivity contribution is -0.193. The monoisotopic (exact) mass is 278 g/mol. The summed E-state index contributed by atoms with van der Waals surface area (Å²) < 4.78 is 12.2. The highest BCUT2D eigenvalue weighted by Crippen LogP contribution is 2.61. The Morgan fingerprint density at radius 1 is 1.10 bits per heavy atom. The van der Waals surface area contributed by atoms with E-state index in [0.29, 0.717) is 18.8 Å². The number of allylic oxidation sites excluding steroid dienone is 1. The predicted octanol–water partition coefficient (Wildman–Crippen LogP) is 3.62. The minimum absolute atomic E-state index is 0.163. The number of carbonyl (C=O) groups is 1. The molecule has 0 bridgehead atoms. The van der Waals surface area contributed by atoms with Crippen LogP contribution in [-0.2, 0) is 14.3 Å². The summed E-state index contributed by atoms with van der Waals surface area (Å²) in [5.41, 5.74) is 0.528. The van der Waals surface area contributed by atoms with E-state index in [2.05, 4.69) is 26.8 Å². The average Bonchev–Trinajstić information content (AvgIpc) is 2.66. The minimum Gasteiger partial charge on any atom is -0.347 e. The van der Waals surface area contributed by atoms with Crippen molar-refractivity contribution in [3.05, 3.63) is 11.6 Å². The third-order valence-corrected chi connectivity index (χ3v) is 5.87. The highest BCUT2D eigenvalue weighted by molar-refractivity contribution is 5.89. The maximum atomic E-state index is 12.5. The van der Waals surface area contributed by atoms with Gasteiger partial charge in [0.05, 0.1) is 6.61 Å². The molecule has 1 aliphatic heterocycles. The molecule has 0 aromatic carbocycles. The van der Waals surface area contributed by atoms with Gasteiger partial charge in [0.1, 0.15) is 11.4 Å². The van der Waals surface area contributed by atoms with E-state index in [1.165, 1.54) is 5.57 Å². The van der Waals surface area contributed by atoms with Gasteiger partial charge in [0.15, 0.2) is 5.79 Å². The largest absolute Gasteiger partial charge is 0.347 e. The first-order chi connectivity index (χ1) is 9.13. The Bertz CT molecular complexity index is 488. The molecule has 3 aliphatic rings. The first-order valence-electron chi connectivity index (χ1n) is 7.72. The van der Waals surface area contributed by atoms with Gasteiger partial charge in [0.25, 0.3) is 0 Å². The molecule has 2 fully saturated rings. The van der Waals surface area contributed by atoms with E-state index in [9.17, 15) is 4.79 Å². The van der Waals surface area contributed by atoms with Crippen molar-refractivity contribution >= 4 is 5.78 Å². The second-order valence-corrected chi connectivity index (χ2v) is 7.82. The van der Waals surface area contributed by atoms with Gasteiger partial charge in [-0.15, -0.1) is 0 Å². The van der Waals surface area contributed by atoms with Gasteiger partial charge in [0.2, 0.25) is 0 Å². The Hall–Kier alpha value is -0.670. The third-order valence-electron chi connectivity index (χ3n) is 5.87. The lowest BCUT2D eigenvalue weighted by Crippen LogP contribution is -2.58. The summed E-state index contributed by atoms with van der Waals surface area (Å²) in [6, 6.07) is 0. The fraction of sp³-hybridized carbons (Fsp3) is 0.824. The molecule has 2 unspecified atom stereocenters. The molecule has 2 atom stereocenters. The molecule has 3 heteroatoms. The summed E-state index contributed by atoms with van der Waals surface area (Å²) in [6.07, 6.45) is 5.61. The van der Waals surface area contributed by atoms with Gasteiger partial charge in [0, 0.05) is 17.3 Å². The van der Waals surface area contributed by atoms with E-state index in [4.69, 9.17) is 9.47 Å². The molecule has 1 spiro atoms. The van der Waals surface area contributed by atoms with Crippen molar-refractivity contribution in [2.45, 2.75) is 71.7 Å². The Morgan fingerprint density at radius 2 is 1.80 bits per heavy atom. The van der Waals surface area contributed by atoms with Gasteiger partial charge >= 0.3 is 0 Å². The summed E-state index contributed by atoms with van der Waals surface area (Å²) in [6.45, 7) is 11.1. The molecule has 1 heterocycles.